The molecule has 0 unspecified atom stereocenters. The standard InChI is InChI=1S/C16H19NO3S/c1-11-15(13(3)20-17-11)10-21-9-8-19-16-7-5-4-6-14(16)12(2)18/h4-7H,8-10H2,1-3H3. The molecule has 0 amide bonds. The van der Waals surface area contributed by atoms with E-state index in [-0.39, 0.29) is 5.78 Å². The molecule has 5 heteroatoms. The highest BCUT2D eigenvalue weighted by Crippen LogP contribution is 2.21. The number of ether oxygens (including phenoxy) is 1. The molecule has 0 atom stereocenters. The highest BCUT2D eigenvalue weighted by molar-refractivity contribution is 7.98. The molecule has 0 aliphatic rings. The van der Waals surface area contributed by atoms with Crippen LogP contribution in [-0.4, -0.2) is 23.3 Å². The van der Waals surface area contributed by atoms with Gasteiger partial charge in [-0.25, -0.2) is 0 Å². The van der Waals surface area contributed by atoms with Gasteiger partial charge in [0.25, 0.3) is 0 Å². The second-order valence-corrected chi connectivity index (χ2v) is 5.86. The summed E-state index contributed by atoms with van der Waals surface area (Å²) in [4.78, 5) is 11.5. The number of para-hydroxylation sites is 1. The molecule has 21 heavy (non-hydrogen) atoms. The highest BCUT2D eigenvalue weighted by atomic mass is 32.2. The van der Waals surface area contributed by atoms with Crippen molar-refractivity contribution in [3.05, 3.63) is 46.8 Å². The average molecular weight is 305 g/mol. The van der Waals surface area contributed by atoms with Crippen LogP contribution < -0.4 is 4.74 Å². The maximum atomic E-state index is 11.5. The molecule has 1 aromatic heterocycles. The lowest BCUT2D eigenvalue weighted by molar-refractivity contribution is 0.101. The lowest BCUT2D eigenvalue weighted by Crippen LogP contribution is -2.04. The third kappa shape index (κ3) is 4.11. The number of hydrogen-bond acceptors (Lipinski definition) is 5. The van der Waals surface area contributed by atoms with Gasteiger partial charge in [0.2, 0.25) is 0 Å². The van der Waals surface area contributed by atoms with Gasteiger partial charge in [0, 0.05) is 17.1 Å². The van der Waals surface area contributed by atoms with E-state index >= 15 is 0 Å². The molecule has 0 saturated heterocycles. The van der Waals surface area contributed by atoms with E-state index in [2.05, 4.69) is 5.16 Å². The molecular formula is C16H19NO3S. The fourth-order valence-electron chi connectivity index (χ4n) is 1.98. The molecule has 0 fully saturated rings. The fourth-order valence-corrected chi connectivity index (χ4v) is 2.94. The topological polar surface area (TPSA) is 52.3 Å². The number of hydrogen-bond donors (Lipinski definition) is 0. The third-order valence-corrected chi connectivity index (χ3v) is 4.13. The van der Waals surface area contributed by atoms with Gasteiger partial charge >= 0.3 is 0 Å². The van der Waals surface area contributed by atoms with Crippen molar-refractivity contribution < 1.29 is 14.1 Å². The molecule has 0 saturated carbocycles. The molecule has 0 N–H and O–H groups in total. The zero-order valence-corrected chi connectivity index (χ0v) is 13.3. The summed E-state index contributed by atoms with van der Waals surface area (Å²) in [6.07, 6.45) is 0. The number of carbonyl (C=O) groups excluding carboxylic acids is 1. The van der Waals surface area contributed by atoms with Crippen LogP contribution in [0.4, 0.5) is 0 Å². The molecule has 4 nitrogen and oxygen atoms in total. The van der Waals surface area contributed by atoms with Crippen LogP contribution in [0, 0.1) is 13.8 Å². The number of ketones is 1. The maximum Gasteiger partial charge on any atom is 0.163 e. The number of rotatable bonds is 7. The Morgan fingerprint density at radius 1 is 1.33 bits per heavy atom. The van der Waals surface area contributed by atoms with Crippen molar-refractivity contribution in [3.63, 3.8) is 0 Å². The lowest BCUT2D eigenvalue weighted by atomic mass is 10.1. The van der Waals surface area contributed by atoms with Gasteiger partial charge in [0.15, 0.2) is 5.78 Å². The van der Waals surface area contributed by atoms with E-state index in [1.807, 2.05) is 32.0 Å². The van der Waals surface area contributed by atoms with Gasteiger partial charge in [-0.2, -0.15) is 11.8 Å². The number of Topliss-reactive ketones (excluding diaryl/α,β-unsaturated/α-hetero) is 1. The van der Waals surface area contributed by atoms with Crippen molar-refractivity contribution in [1.29, 1.82) is 0 Å². The van der Waals surface area contributed by atoms with E-state index in [0.29, 0.717) is 17.9 Å². The van der Waals surface area contributed by atoms with Gasteiger partial charge in [-0.3, -0.25) is 4.79 Å². The van der Waals surface area contributed by atoms with E-state index in [4.69, 9.17) is 9.26 Å². The van der Waals surface area contributed by atoms with E-state index < -0.39 is 0 Å². The van der Waals surface area contributed by atoms with Crippen LogP contribution in [0.3, 0.4) is 0 Å². The predicted octanol–water partition coefficient (Wildman–Crippen LogP) is 3.81. The molecule has 2 aromatic rings. The molecule has 112 valence electrons. The second-order valence-electron chi connectivity index (χ2n) is 4.76. The van der Waals surface area contributed by atoms with Gasteiger partial charge < -0.3 is 9.26 Å². The van der Waals surface area contributed by atoms with E-state index in [9.17, 15) is 4.79 Å². The first-order valence-corrected chi connectivity index (χ1v) is 7.97. The summed E-state index contributed by atoms with van der Waals surface area (Å²) in [5.74, 6) is 3.26. The Kier molecular flexibility index (Phi) is 5.44. The van der Waals surface area contributed by atoms with Gasteiger partial charge in [0.05, 0.1) is 17.9 Å². The SMILES string of the molecule is CC(=O)c1ccccc1OCCSCc1c(C)noc1C. The third-order valence-electron chi connectivity index (χ3n) is 3.18. The number of aromatic nitrogens is 1. The van der Waals surface area contributed by atoms with Crippen LogP contribution >= 0.6 is 11.8 Å². The molecule has 1 aromatic carbocycles. The lowest BCUT2D eigenvalue weighted by Gasteiger charge is -2.09. The molecule has 0 bridgehead atoms. The molecule has 0 aliphatic carbocycles. The van der Waals surface area contributed by atoms with Gasteiger partial charge in [0.1, 0.15) is 11.5 Å². The van der Waals surface area contributed by atoms with Gasteiger partial charge in [-0.05, 0) is 32.9 Å². The summed E-state index contributed by atoms with van der Waals surface area (Å²) in [5.41, 5.74) is 2.74. The van der Waals surface area contributed by atoms with E-state index in [1.165, 1.54) is 0 Å². The monoisotopic (exact) mass is 305 g/mol. The van der Waals surface area contributed by atoms with Crippen LogP contribution in [0.1, 0.15) is 34.3 Å². The smallest absolute Gasteiger partial charge is 0.163 e. The summed E-state index contributed by atoms with van der Waals surface area (Å²) in [7, 11) is 0. The number of thioether (sulfide) groups is 1. The molecule has 2 rings (SSSR count). The Morgan fingerprint density at radius 3 is 2.76 bits per heavy atom. The van der Waals surface area contributed by atoms with Crippen molar-refractivity contribution in [2.24, 2.45) is 0 Å². The number of aryl methyl sites for hydroxylation is 2. The minimum absolute atomic E-state index is 0.0222. The number of carbonyl (C=O) groups is 1. The summed E-state index contributed by atoms with van der Waals surface area (Å²) in [6.45, 7) is 5.99. The quantitative estimate of drug-likeness (QED) is 0.575. The van der Waals surface area contributed by atoms with Gasteiger partial charge in [-0.15, -0.1) is 0 Å². The van der Waals surface area contributed by atoms with Crippen molar-refractivity contribution in [1.82, 2.24) is 5.16 Å². The molecular weight excluding hydrogens is 286 g/mol. The van der Waals surface area contributed by atoms with E-state index in [0.717, 1.165) is 28.5 Å². The molecule has 1 heterocycles. The highest BCUT2D eigenvalue weighted by Gasteiger charge is 2.09. The van der Waals surface area contributed by atoms with Crippen molar-refractivity contribution >= 4 is 17.5 Å². The zero-order valence-electron chi connectivity index (χ0n) is 12.5. The average Bonchev–Trinajstić information content (AvgIpc) is 2.78. The molecule has 0 aliphatic heterocycles. The first-order valence-electron chi connectivity index (χ1n) is 6.82. The Balaban J connectivity index is 1.79. The van der Waals surface area contributed by atoms with Crippen LogP contribution in [0.25, 0.3) is 0 Å². The van der Waals surface area contributed by atoms with Crippen LogP contribution in [-0.2, 0) is 5.75 Å². The Bertz CT molecular complexity index is 602. The Hall–Kier alpha value is -1.75. The minimum atomic E-state index is 0.0222. The van der Waals surface area contributed by atoms with Crippen molar-refractivity contribution in [2.45, 2.75) is 26.5 Å². The Morgan fingerprint density at radius 2 is 2.10 bits per heavy atom. The maximum absolute atomic E-state index is 11.5. The zero-order chi connectivity index (χ0) is 15.2. The summed E-state index contributed by atoms with van der Waals surface area (Å²) >= 11 is 1.76. The van der Waals surface area contributed by atoms with E-state index in [1.54, 1.807) is 24.8 Å². The minimum Gasteiger partial charge on any atom is -0.492 e. The second kappa shape index (κ2) is 7.31. The summed E-state index contributed by atoms with van der Waals surface area (Å²) in [5, 5.41) is 3.94. The van der Waals surface area contributed by atoms with Crippen LogP contribution in [0.5, 0.6) is 5.75 Å². The number of benzene rings is 1. The van der Waals surface area contributed by atoms with Gasteiger partial charge in [-0.1, -0.05) is 17.3 Å². The number of nitrogens with zero attached hydrogens (tertiary/aromatic N) is 1. The largest absolute Gasteiger partial charge is 0.492 e. The Labute approximate surface area is 128 Å². The van der Waals surface area contributed by atoms with Crippen molar-refractivity contribution in [3.8, 4) is 5.75 Å². The normalized spacial score (nSPS) is 10.6. The summed E-state index contributed by atoms with van der Waals surface area (Å²) in [6, 6.07) is 7.33. The van der Waals surface area contributed by atoms with Crippen LogP contribution in [0.15, 0.2) is 28.8 Å². The first kappa shape index (κ1) is 15.6. The fraction of sp³-hybridized carbons (Fsp3) is 0.375. The first-order chi connectivity index (χ1) is 10.1. The molecule has 0 spiro atoms. The predicted molar refractivity (Wildman–Crippen MR) is 84.1 cm³/mol. The van der Waals surface area contributed by atoms with Crippen LogP contribution in [0.2, 0.25) is 0 Å². The van der Waals surface area contributed by atoms with Crippen molar-refractivity contribution in [2.75, 3.05) is 12.4 Å². The molecule has 0 radical (unpaired) electrons. The summed E-state index contributed by atoms with van der Waals surface area (Å²) < 4.78 is 10.8.